The Morgan fingerprint density at radius 3 is 2.18 bits per heavy atom. The maximum absolute atomic E-state index is 5.26. The van der Waals surface area contributed by atoms with Crippen LogP contribution in [0.2, 0.25) is 0 Å². The molecule has 0 radical (unpaired) electrons. The van der Waals surface area contributed by atoms with Crippen LogP contribution in [0.1, 0.15) is 12.8 Å². The zero-order valence-corrected chi connectivity index (χ0v) is 6.71. The van der Waals surface area contributed by atoms with Gasteiger partial charge in [-0.05, 0) is 12.8 Å². The summed E-state index contributed by atoms with van der Waals surface area (Å²) in [6.07, 6.45) is 2.33. The Bertz CT molecular complexity index is 119. The van der Waals surface area contributed by atoms with Gasteiger partial charge in [-0.25, -0.2) is 0 Å². The van der Waals surface area contributed by atoms with Crippen molar-refractivity contribution in [3.8, 4) is 0 Å². The minimum Gasteiger partial charge on any atom is -0.381 e. The van der Waals surface area contributed by atoms with Crippen LogP contribution in [0.25, 0.3) is 0 Å². The molecule has 3 heteroatoms. The summed E-state index contributed by atoms with van der Waals surface area (Å²) in [5.41, 5.74) is 0. The molecular formula is C8H15NO2. The highest BCUT2D eigenvalue weighted by molar-refractivity contribution is 4.79. The predicted octanol–water partition coefficient (Wildman–Crippen LogP) is 0.154. The molecule has 2 aliphatic heterocycles. The first kappa shape index (κ1) is 7.53. The minimum atomic E-state index is 0.623. The van der Waals surface area contributed by atoms with Crippen molar-refractivity contribution in [3.63, 3.8) is 0 Å². The van der Waals surface area contributed by atoms with Crippen molar-refractivity contribution >= 4 is 0 Å². The maximum atomic E-state index is 5.26. The Kier molecular flexibility index (Phi) is 2.41. The SMILES string of the molecule is C1CC(NC2COC2)CCO1. The molecule has 0 aromatic rings. The lowest BCUT2D eigenvalue weighted by atomic mass is 10.1. The van der Waals surface area contributed by atoms with Crippen molar-refractivity contribution in [2.24, 2.45) is 0 Å². The van der Waals surface area contributed by atoms with E-state index in [0.717, 1.165) is 39.3 Å². The minimum absolute atomic E-state index is 0.623. The third kappa shape index (κ3) is 1.92. The van der Waals surface area contributed by atoms with Crippen molar-refractivity contribution in [2.45, 2.75) is 24.9 Å². The first-order valence-corrected chi connectivity index (χ1v) is 4.37. The fraction of sp³-hybridized carbons (Fsp3) is 1.00. The number of ether oxygens (including phenoxy) is 2. The summed E-state index contributed by atoms with van der Waals surface area (Å²) in [5.74, 6) is 0. The van der Waals surface area contributed by atoms with E-state index >= 15 is 0 Å². The summed E-state index contributed by atoms with van der Waals surface area (Å²) < 4.78 is 10.3. The van der Waals surface area contributed by atoms with Crippen molar-refractivity contribution in [1.82, 2.24) is 5.32 Å². The van der Waals surface area contributed by atoms with Gasteiger partial charge in [-0.2, -0.15) is 0 Å². The summed E-state index contributed by atoms with van der Waals surface area (Å²) in [6, 6.07) is 1.30. The van der Waals surface area contributed by atoms with Crippen LogP contribution in [-0.2, 0) is 9.47 Å². The van der Waals surface area contributed by atoms with Crippen LogP contribution in [0.4, 0.5) is 0 Å². The molecule has 2 aliphatic rings. The third-order valence-corrected chi connectivity index (χ3v) is 2.33. The number of hydrogen-bond acceptors (Lipinski definition) is 3. The fourth-order valence-corrected chi connectivity index (χ4v) is 1.53. The van der Waals surface area contributed by atoms with Gasteiger partial charge in [0.15, 0.2) is 0 Å². The predicted molar refractivity (Wildman–Crippen MR) is 41.6 cm³/mol. The van der Waals surface area contributed by atoms with E-state index in [9.17, 15) is 0 Å². The second-order valence-electron chi connectivity index (χ2n) is 3.29. The summed E-state index contributed by atoms with van der Waals surface area (Å²) >= 11 is 0. The molecule has 64 valence electrons. The molecule has 0 saturated carbocycles. The highest BCUT2D eigenvalue weighted by Crippen LogP contribution is 2.09. The zero-order chi connectivity index (χ0) is 7.52. The molecule has 0 aromatic carbocycles. The Labute approximate surface area is 67.1 Å². The molecule has 2 heterocycles. The van der Waals surface area contributed by atoms with Crippen molar-refractivity contribution in [3.05, 3.63) is 0 Å². The van der Waals surface area contributed by atoms with E-state index in [1.54, 1.807) is 0 Å². The van der Waals surface area contributed by atoms with Crippen LogP contribution < -0.4 is 5.32 Å². The average Bonchev–Trinajstić information content (AvgIpc) is 1.99. The second kappa shape index (κ2) is 3.52. The monoisotopic (exact) mass is 157 g/mol. The van der Waals surface area contributed by atoms with Gasteiger partial charge >= 0.3 is 0 Å². The molecule has 2 fully saturated rings. The molecule has 2 saturated heterocycles. The third-order valence-electron chi connectivity index (χ3n) is 2.33. The topological polar surface area (TPSA) is 30.5 Å². The largest absolute Gasteiger partial charge is 0.381 e. The molecule has 3 nitrogen and oxygen atoms in total. The lowest BCUT2D eigenvalue weighted by molar-refractivity contribution is -0.0192. The molecule has 0 atom stereocenters. The lowest BCUT2D eigenvalue weighted by Gasteiger charge is -2.33. The highest BCUT2D eigenvalue weighted by Gasteiger charge is 2.22. The molecule has 0 bridgehead atoms. The standard InChI is InChI=1S/C8H15NO2/c1-3-10-4-2-7(1)9-8-5-11-6-8/h7-9H,1-6H2. The first-order chi connectivity index (χ1) is 5.45. The molecule has 0 spiro atoms. The van der Waals surface area contributed by atoms with Gasteiger partial charge in [0.05, 0.1) is 19.3 Å². The van der Waals surface area contributed by atoms with Gasteiger partial charge in [-0.1, -0.05) is 0 Å². The van der Waals surface area contributed by atoms with E-state index < -0.39 is 0 Å². The molecular weight excluding hydrogens is 142 g/mol. The maximum Gasteiger partial charge on any atom is 0.0643 e. The van der Waals surface area contributed by atoms with Crippen LogP contribution in [0.3, 0.4) is 0 Å². The van der Waals surface area contributed by atoms with Gasteiger partial charge in [0.2, 0.25) is 0 Å². The molecule has 1 N–H and O–H groups in total. The smallest absolute Gasteiger partial charge is 0.0643 e. The van der Waals surface area contributed by atoms with E-state index in [1.807, 2.05) is 0 Å². The highest BCUT2D eigenvalue weighted by atomic mass is 16.5. The van der Waals surface area contributed by atoms with Crippen molar-refractivity contribution < 1.29 is 9.47 Å². The van der Waals surface area contributed by atoms with Crippen LogP contribution >= 0.6 is 0 Å². The van der Waals surface area contributed by atoms with E-state index in [1.165, 1.54) is 0 Å². The van der Waals surface area contributed by atoms with Crippen LogP contribution in [0, 0.1) is 0 Å². The lowest BCUT2D eigenvalue weighted by Crippen LogP contribution is -2.51. The Balaban J connectivity index is 1.67. The average molecular weight is 157 g/mol. The summed E-state index contributed by atoms with van der Waals surface area (Å²) in [5, 5.41) is 3.55. The van der Waals surface area contributed by atoms with Gasteiger partial charge in [0.25, 0.3) is 0 Å². The first-order valence-electron chi connectivity index (χ1n) is 4.37. The number of rotatable bonds is 2. The van der Waals surface area contributed by atoms with E-state index in [-0.39, 0.29) is 0 Å². The number of hydrogen-bond donors (Lipinski definition) is 1. The van der Waals surface area contributed by atoms with Gasteiger partial charge in [-0.15, -0.1) is 0 Å². The summed E-state index contributed by atoms with van der Waals surface area (Å²) in [7, 11) is 0. The second-order valence-corrected chi connectivity index (χ2v) is 3.29. The van der Waals surface area contributed by atoms with Crippen LogP contribution in [0.5, 0.6) is 0 Å². The Morgan fingerprint density at radius 1 is 0.909 bits per heavy atom. The van der Waals surface area contributed by atoms with Crippen LogP contribution in [0.15, 0.2) is 0 Å². The Morgan fingerprint density at radius 2 is 1.64 bits per heavy atom. The molecule has 11 heavy (non-hydrogen) atoms. The van der Waals surface area contributed by atoms with Crippen molar-refractivity contribution in [2.75, 3.05) is 26.4 Å². The van der Waals surface area contributed by atoms with E-state index in [2.05, 4.69) is 5.32 Å². The molecule has 2 rings (SSSR count). The molecule has 0 aromatic heterocycles. The van der Waals surface area contributed by atoms with Gasteiger partial charge in [0.1, 0.15) is 0 Å². The van der Waals surface area contributed by atoms with Gasteiger partial charge in [-0.3, -0.25) is 0 Å². The number of nitrogens with one attached hydrogen (secondary N) is 1. The van der Waals surface area contributed by atoms with Crippen LogP contribution in [-0.4, -0.2) is 38.5 Å². The quantitative estimate of drug-likeness (QED) is 0.619. The van der Waals surface area contributed by atoms with Gasteiger partial charge < -0.3 is 14.8 Å². The normalized spacial score (nSPS) is 28.4. The molecule has 0 amide bonds. The fourth-order valence-electron chi connectivity index (χ4n) is 1.53. The van der Waals surface area contributed by atoms with E-state index in [4.69, 9.17) is 9.47 Å². The van der Waals surface area contributed by atoms with Gasteiger partial charge in [0, 0.05) is 19.3 Å². The Hall–Kier alpha value is -0.120. The van der Waals surface area contributed by atoms with Crippen molar-refractivity contribution in [1.29, 1.82) is 0 Å². The molecule has 0 aliphatic carbocycles. The summed E-state index contributed by atoms with van der Waals surface area (Å²) in [4.78, 5) is 0. The van der Waals surface area contributed by atoms with E-state index in [0.29, 0.717) is 12.1 Å². The summed E-state index contributed by atoms with van der Waals surface area (Å²) in [6.45, 7) is 3.64. The molecule has 0 unspecified atom stereocenters. The zero-order valence-electron chi connectivity index (χ0n) is 6.71.